The molecule has 0 radical (unpaired) electrons. The van der Waals surface area contributed by atoms with E-state index in [1.165, 1.54) is 0 Å². The molecule has 3 nitrogen and oxygen atoms in total. The number of hydrogen-bond donors (Lipinski definition) is 0. The molecule has 0 N–H and O–H groups in total. The lowest BCUT2D eigenvalue weighted by molar-refractivity contribution is 0.112. The molecule has 3 heteroatoms. The van der Waals surface area contributed by atoms with E-state index in [9.17, 15) is 4.79 Å². The highest BCUT2D eigenvalue weighted by molar-refractivity contribution is 5.77. The average Bonchev–Trinajstić information content (AvgIpc) is 2.38. The minimum absolute atomic E-state index is 0.746. The van der Waals surface area contributed by atoms with E-state index in [0.717, 1.165) is 42.6 Å². The minimum Gasteiger partial charge on any atom is -0.298 e. The van der Waals surface area contributed by atoms with Gasteiger partial charge in [0.1, 0.15) is 0 Å². The van der Waals surface area contributed by atoms with Crippen LogP contribution in [0.15, 0.2) is 0 Å². The molecule has 1 aromatic rings. The Morgan fingerprint density at radius 3 is 2.62 bits per heavy atom. The van der Waals surface area contributed by atoms with Crippen LogP contribution in [0, 0.1) is 13.8 Å². The molecule has 0 aliphatic rings. The number of aromatic nitrogens is 2. The van der Waals surface area contributed by atoms with E-state index in [1.807, 2.05) is 18.5 Å². The van der Waals surface area contributed by atoms with Crippen molar-refractivity contribution < 1.29 is 4.79 Å². The minimum atomic E-state index is 0.746. The quantitative estimate of drug-likeness (QED) is 0.665. The Morgan fingerprint density at radius 2 is 2.15 bits per heavy atom. The third kappa shape index (κ3) is 1.97. The summed E-state index contributed by atoms with van der Waals surface area (Å²) in [4.78, 5) is 10.7. The third-order valence-electron chi connectivity index (χ3n) is 2.28. The number of unbranched alkanes of at least 4 members (excludes halogenated alkanes) is 1. The van der Waals surface area contributed by atoms with Gasteiger partial charge in [0.05, 0.1) is 11.3 Å². The van der Waals surface area contributed by atoms with E-state index in [1.54, 1.807) is 0 Å². The molecule has 0 fully saturated rings. The maximum absolute atomic E-state index is 10.7. The standard InChI is InChI=1S/C10H16N2O/c1-4-5-6-12-9(3)10(7-13)8(2)11-12/h7H,4-6H2,1-3H3. The smallest absolute Gasteiger partial charge is 0.153 e. The summed E-state index contributed by atoms with van der Waals surface area (Å²) in [6.45, 7) is 6.88. The van der Waals surface area contributed by atoms with Crippen molar-refractivity contribution in [1.82, 2.24) is 9.78 Å². The molecule has 0 unspecified atom stereocenters. The molecule has 0 amide bonds. The van der Waals surface area contributed by atoms with Crippen molar-refractivity contribution in [2.45, 2.75) is 40.2 Å². The van der Waals surface area contributed by atoms with E-state index >= 15 is 0 Å². The number of aldehydes is 1. The molecule has 0 aliphatic carbocycles. The maximum atomic E-state index is 10.7. The van der Waals surface area contributed by atoms with Crippen LogP contribution >= 0.6 is 0 Å². The summed E-state index contributed by atoms with van der Waals surface area (Å²) in [5.41, 5.74) is 2.57. The van der Waals surface area contributed by atoms with Gasteiger partial charge in [0.15, 0.2) is 6.29 Å². The van der Waals surface area contributed by atoms with Crippen LogP contribution in [-0.4, -0.2) is 16.1 Å². The summed E-state index contributed by atoms with van der Waals surface area (Å²) in [7, 11) is 0. The zero-order chi connectivity index (χ0) is 9.84. The first-order valence-corrected chi connectivity index (χ1v) is 4.69. The Kier molecular flexibility index (Phi) is 3.23. The van der Waals surface area contributed by atoms with Gasteiger partial charge in [0, 0.05) is 12.2 Å². The van der Waals surface area contributed by atoms with Crippen LogP contribution in [0.4, 0.5) is 0 Å². The number of aryl methyl sites for hydroxylation is 2. The van der Waals surface area contributed by atoms with Crippen molar-refractivity contribution in [1.29, 1.82) is 0 Å². The van der Waals surface area contributed by atoms with Crippen molar-refractivity contribution in [3.05, 3.63) is 17.0 Å². The van der Waals surface area contributed by atoms with Crippen molar-refractivity contribution in [3.63, 3.8) is 0 Å². The second kappa shape index (κ2) is 4.21. The molecule has 1 aromatic heterocycles. The number of nitrogens with zero attached hydrogens (tertiary/aromatic N) is 2. The molecule has 1 heterocycles. The highest BCUT2D eigenvalue weighted by Crippen LogP contribution is 2.10. The van der Waals surface area contributed by atoms with Gasteiger partial charge < -0.3 is 0 Å². The van der Waals surface area contributed by atoms with Gasteiger partial charge in [-0.25, -0.2) is 0 Å². The van der Waals surface area contributed by atoms with Crippen molar-refractivity contribution >= 4 is 6.29 Å². The molecule has 0 atom stereocenters. The number of rotatable bonds is 4. The fourth-order valence-corrected chi connectivity index (χ4v) is 1.41. The molecule has 0 saturated carbocycles. The van der Waals surface area contributed by atoms with Gasteiger partial charge in [-0.1, -0.05) is 13.3 Å². The Hall–Kier alpha value is -1.12. The van der Waals surface area contributed by atoms with Gasteiger partial charge in [-0.3, -0.25) is 9.48 Å². The van der Waals surface area contributed by atoms with Gasteiger partial charge >= 0.3 is 0 Å². The van der Waals surface area contributed by atoms with E-state index in [4.69, 9.17) is 0 Å². The lowest BCUT2D eigenvalue weighted by Gasteiger charge is -2.01. The summed E-state index contributed by atoms with van der Waals surface area (Å²) in [6, 6.07) is 0. The van der Waals surface area contributed by atoms with Crippen molar-refractivity contribution in [2.75, 3.05) is 0 Å². The van der Waals surface area contributed by atoms with Gasteiger partial charge in [0.2, 0.25) is 0 Å². The Bertz CT molecular complexity index is 302. The molecular weight excluding hydrogens is 164 g/mol. The Balaban J connectivity index is 2.90. The van der Waals surface area contributed by atoms with Gasteiger partial charge in [0.25, 0.3) is 0 Å². The highest BCUT2D eigenvalue weighted by Gasteiger charge is 2.09. The van der Waals surface area contributed by atoms with Gasteiger partial charge in [-0.2, -0.15) is 5.10 Å². The van der Waals surface area contributed by atoms with Crippen LogP contribution in [0.3, 0.4) is 0 Å². The second-order valence-corrected chi connectivity index (χ2v) is 3.28. The largest absolute Gasteiger partial charge is 0.298 e. The van der Waals surface area contributed by atoms with Crippen LogP contribution in [0.25, 0.3) is 0 Å². The lowest BCUT2D eigenvalue weighted by atomic mass is 10.2. The van der Waals surface area contributed by atoms with Crippen LogP contribution in [0.5, 0.6) is 0 Å². The van der Waals surface area contributed by atoms with E-state index in [0.29, 0.717) is 0 Å². The molecule has 1 rings (SSSR count). The van der Waals surface area contributed by atoms with Gasteiger partial charge in [-0.15, -0.1) is 0 Å². The Labute approximate surface area is 78.8 Å². The second-order valence-electron chi connectivity index (χ2n) is 3.28. The van der Waals surface area contributed by atoms with E-state index < -0.39 is 0 Å². The predicted molar refractivity (Wildman–Crippen MR) is 52.0 cm³/mol. The fourth-order valence-electron chi connectivity index (χ4n) is 1.41. The molecule has 0 bridgehead atoms. The molecule has 13 heavy (non-hydrogen) atoms. The number of hydrogen-bond acceptors (Lipinski definition) is 2. The Morgan fingerprint density at radius 1 is 1.46 bits per heavy atom. The number of carbonyl (C=O) groups excluding carboxylic acids is 1. The van der Waals surface area contributed by atoms with Crippen molar-refractivity contribution in [3.8, 4) is 0 Å². The van der Waals surface area contributed by atoms with Crippen LogP contribution in [0.1, 0.15) is 41.5 Å². The molecule has 0 aliphatic heterocycles. The van der Waals surface area contributed by atoms with E-state index in [-0.39, 0.29) is 0 Å². The summed E-state index contributed by atoms with van der Waals surface area (Å²) >= 11 is 0. The lowest BCUT2D eigenvalue weighted by Crippen LogP contribution is -2.02. The summed E-state index contributed by atoms with van der Waals surface area (Å²) in [6.07, 6.45) is 3.15. The molecular formula is C10H16N2O. The first-order valence-electron chi connectivity index (χ1n) is 4.69. The summed E-state index contributed by atoms with van der Waals surface area (Å²) in [5.74, 6) is 0. The summed E-state index contributed by atoms with van der Waals surface area (Å²) in [5, 5.41) is 4.30. The van der Waals surface area contributed by atoms with Crippen LogP contribution in [0.2, 0.25) is 0 Å². The number of carbonyl (C=O) groups is 1. The molecule has 72 valence electrons. The van der Waals surface area contributed by atoms with Gasteiger partial charge in [-0.05, 0) is 20.3 Å². The average molecular weight is 180 g/mol. The SMILES string of the molecule is CCCCn1nc(C)c(C=O)c1C. The fraction of sp³-hybridized carbons (Fsp3) is 0.600. The zero-order valence-electron chi connectivity index (χ0n) is 8.50. The first-order chi connectivity index (χ1) is 6.20. The monoisotopic (exact) mass is 180 g/mol. The van der Waals surface area contributed by atoms with E-state index in [2.05, 4.69) is 12.0 Å². The molecule has 0 saturated heterocycles. The molecule has 0 spiro atoms. The topological polar surface area (TPSA) is 34.9 Å². The third-order valence-corrected chi connectivity index (χ3v) is 2.28. The van der Waals surface area contributed by atoms with Crippen molar-refractivity contribution in [2.24, 2.45) is 0 Å². The normalized spacial score (nSPS) is 10.4. The zero-order valence-corrected chi connectivity index (χ0v) is 8.50. The highest BCUT2D eigenvalue weighted by atomic mass is 16.1. The van der Waals surface area contributed by atoms with Crippen LogP contribution in [-0.2, 0) is 6.54 Å². The maximum Gasteiger partial charge on any atom is 0.153 e. The summed E-state index contributed by atoms with van der Waals surface area (Å²) < 4.78 is 1.92. The first kappa shape index (κ1) is 9.96. The molecule has 0 aromatic carbocycles. The predicted octanol–water partition coefficient (Wildman–Crippen LogP) is 2.11. The van der Waals surface area contributed by atoms with Crippen LogP contribution < -0.4 is 0 Å².